The molecule has 2 aromatic rings. The van der Waals surface area contributed by atoms with Gasteiger partial charge in [0.05, 0.1) is 11.0 Å². The van der Waals surface area contributed by atoms with Crippen molar-refractivity contribution in [3.63, 3.8) is 0 Å². The van der Waals surface area contributed by atoms with Crippen LogP contribution in [0.3, 0.4) is 0 Å². The van der Waals surface area contributed by atoms with E-state index < -0.39 is 23.7 Å². The molecule has 0 bridgehead atoms. The van der Waals surface area contributed by atoms with E-state index >= 15 is 0 Å². The van der Waals surface area contributed by atoms with Crippen LogP contribution in [0.25, 0.3) is 11.0 Å². The van der Waals surface area contributed by atoms with E-state index in [-0.39, 0.29) is 5.82 Å². The molecule has 6 nitrogen and oxygen atoms in total. The van der Waals surface area contributed by atoms with Gasteiger partial charge in [0.2, 0.25) is 0 Å². The minimum absolute atomic E-state index is 0.0521. The Labute approximate surface area is 101 Å². The summed E-state index contributed by atoms with van der Waals surface area (Å²) in [6.45, 7) is 1.34. The number of nitrogens with zero attached hydrogens (tertiary/aromatic N) is 1. The molecular weight excluding hydrogens is 241 g/mol. The third kappa shape index (κ3) is 2.29. The molecule has 2 rings (SSSR count). The van der Waals surface area contributed by atoms with Gasteiger partial charge in [0, 0.05) is 0 Å². The quantitative estimate of drug-likeness (QED) is 0.755. The van der Waals surface area contributed by atoms with Gasteiger partial charge in [0.1, 0.15) is 11.9 Å². The van der Waals surface area contributed by atoms with E-state index in [1.54, 1.807) is 0 Å². The smallest absolute Gasteiger partial charge is 0.325 e. The summed E-state index contributed by atoms with van der Waals surface area (Å²) in [5.74, 6) is -2.30. The molecule has 0 saturated heterocycles. The summed E-state index contributed by atoms with van der Waals surface area (Å²) in [7, 11) is 0. The predicted molar refractivity (Wildman–Crippen MR) is 60.6 cm³/mol. The lowest BCUT2D eigenvalue weighted by molar-refractivity contribution is -0.138. The van der Waals surface area contributed by atoms with E-state index in [0.717, 1.165) is 0 Å². The van der Waals surface area contributed by atoms with Crippen LogP contribution in [0.15, 0.2) is 18.2 Å². The molecular formula is C11H10FN3O3. The summed E-state index contributed by atoms with van der Waals surface area (Å²) in [6.07, 6.45) is 0. The highest BCUT2D eigenvalue weighted by Crippen LogP contribution is 2.12. The summed E-state index contributed by atoms with van der Waals surface area (Å²) >= 11 is 0. The number of amides is 1. The first kappa shape index (κ1) is 12.0. The van der Waals surface area contributed by atoms with Gasteiger partial charge in [-0.2, -0.15) is 0 Å². The summed E-state index contributed by atoms with van der Waals surface area (Å²) in [5, 5.41) is 10.9. The minimum atomic E-state index is -1.15. The van der Waals surface area contributed by atoms with Crippen molar-refractivity contribution in [1.29, 1.82) is 0 Å². The van der Waals surface area contributed by atoms with E-state index in [1.807, 2.05) is 0 Å². The van der Waals surface area contributed by atoms with Crippen LogP contribution in [0.5, 0.6) is 0 Å². The average molecular weight is 251 g/mol. The fourth-order valence-electron chi connectivity index (χ4n) is 1.42. The second-order valence-electron chi connectivity index (χ2n) is 3.78. The Kier molecular flexibility index (Phi) is 2.97. The summed E-state index contributed by atoms with van der Waals surface area (Å²) in [4.78, 5) is 28.8. The summed E-state index contributed by atoms with van der Waals surface area (Å²) in [6, 6.07) is 2.84. The number of benzene rings is 1. The number of fused-ring (bicyclic) bond motifs is 1. The first-order valence-electron chi connectivity index (χ1n) is 5.16. The van der Waals surface area contributed by atoms with Gasteiger partial charge in [-0.1, -0.05) is 0 Å². The molecule has 0 radical (unpaired) electrons. The van der Waals surface area contributed by atoms with Crippen LogP contribution in [0.1, 0.15) is 17.5 Å². The van der Waals surface area contributed by atoms with Gasteiger partial charge in [0.25, 0.3) is 5.91 Å². The molecule has 1 unspecified atom stereocenters. The number of aliphatic carboxylic acids is 1. The van der Waals surface area contributed by atoms with E-state index in [0.29, 0.717) is 11.0 Å². The van der Waals surface area contributed by atoms with E-state index in [9.17, 15) is 14.0 Å². The Bertz CT molecular complexity index is 623. The molecule has 0 fully saturated rings. The lowest BCUT2D eigenvalue weighted by Gasteiger charge is -2.06. The van der Waals surface area contributed by atoms with E-state index in [2.05, 4.69) is 15.3 Å². The molecule has 0 aliphatic heterocycles. The van der Waals surface area contributed by atoms with Crippen LogP contribution >= 0.6 is 0 Å². The molecule has 3 N–H and O–H groups in total. The molecule has 94 valence electrons. The molecule has 1 aromatic heterocycles. The molecule has 1 aromatic carbocycles. The molecule has 18 heavy (non-hydrogen) atoms. The van der Waals surface area contributed by atoms with E-state index in [4.69, 9.17) is 5.11 Å². The van der Waals surface area contributed by atoms with Gasteiger partial charge in [-0.3, -0.25) is 9.59 Å². The SMILES string of the molecule is CC(NC(=O)c1nc2ccc(F)cc2[nH]1)C(=O)O. The van der Waals surface area contributed by atoms with Crippen molar-refractivity contribution >= 4 is 22.9 Å². The Balaban J connectivity index is 2.26. The van der Waals surface area contributed by atoms with Crippen LogP contribution in [0, 0.1) is 5.82 Å². The zero-order chi connectivity index (χ0) is 13.3. The highest BCUT2D eigenvalue weighted by Gasteiger charge is 2.18. The Hall–Kier alpha value is -2.44. The fourth-order valence-corrected chi connectivity index (χ4v) is 1.42. The monoisotopic (exact) mass is 251 g/mol. The number of aromatic amines is 1. The molecule has 1 atom stereocenters. The number of halogens is 1. The first-order valence-corrected chi connectivity index (χ1v) is 5.16. The summed E-state index contributed by atoms with van der Waals surface area (Å²) < 4.78 is 12.9. The lowest BCUT2D eigenvalue weighted by Crippen LogP contribution is -2.38. The maximum atomic E-state index is 12.9. The number of rotatable bonds is 3. The largest absolute Gasteiger partial charge is 0.480 e. The van der Waals surface area contributed by atoms with Crippen LogP contribution in [-0.2, 0) is 4.79 Å². The Morgan fingerprint density at radius 2 is 2.22 bits per heavy atom. The number of carboxylic acids is 1. The molecule has 0 aliphatic rings. The Morgan fingerprint density at radius 1 is 1.50 bits per heavy atom. The number of aromatic nitrogens is 2. The predicted octanol–water partition coefficient (Wildman–Crippen LogP) is 0.905. The summed E-state index contributed by atoms with van der Waals surface area (Å²) in [5.41, 5.74) is 0.813. The number of hydrogen-bond donors (Lipinski definition) is 3. The standard InChI is InChI=1S/C11H10FN3O3/c1-5(11(17)18)13-10(16)9-14-7-3-2-6(12)4-8(7)15-9/h2-5H,1H3,(H,13,16)(H,14,15)(H,17,18). The molecule has 1 amide bonds. The number of carboxylic acid groups (broad SMARTS) is 1. The van der Waals surface area contributed by atoms with Crippen molar-refractivity contribution in [3.8, 4) is 0 Å². The molecule has 0 saturated carbocycles. The second-order valence-corrected chi connectivity index (χ2v) is 3.78. The molecule has 1 heterocycles. The van der Waals surface area contributed by atoms with Crippen LogP contribution < -0.4 is 5.32 Å². The van der Waals surface area contributed by atoms with Gasteiger partial charge >= 0.3 is 5.97 Å². The van der Waals surface area contributed by atoms with Gasteiger partial charge in [-0.25, -0.2) is 9.37 Å². The first-order chi connectivity index (χ1) is 8.47. The molecule has 0 spiro atoms. The van der Waals surface area contributed by atoms with Gasteiger partial charge < -0.3 is 15.4 Å². The van der Waals surface area contributed by atoms with Gasteiger partial charge in [-0.15, -0.1) is 0 Å². The fraction of sp³-hybridized carbons (Fsp3) is 0.182. The van der Waals surface area contributed by atoms with Crippen molar-refractivity contribution in [3.05, 3.63) is 29.8 Å². The lowest BCUT2D eigenvalue weighted by atomic mass is 10.3. The highest BCUT2D eigenvalue weighted by atomic mass is 19.1. The third-order valence-electron chi connectivity index (χ3n) is 2.38. The van der Waals surface area contributed by atoms with Crippen molar-refractivity contribution in [1.82, 2.24) is 15.3 Å². The van der Waals surface area contributed by atoms with Gasteiger partial charge in [-0.05, 0) is 25.1 Å². The number of imidazole rings is 1. The van der Waals surface area contributed by atoms with Crippen molar-refractivity contribution in [2.75, 3.05) is 0 Å². The number of carbonyl (C=O) groups excluding carboxylic acids is 1. The second kappa shape index (κ2) is 4.44. The highest BCUT2D eigenvalue weighted by molar-refractivity contribution is 5.96. The number of carbonyl (C=O) groups is 2. The maximum absolute atomic E-state index is 12.9. The average Bonchev–Trinajstić information content (AvgIpc) is 2.71. The van der Waals surface area contributed by atoms with Crippen molar-refractivity contribution in [2.24, 2.45) is 0 Å². The third-order valence-corrected chi connectivity index (χ3v) is 2.38. The van der Waals surface area contributed by atoms with Crippen LogP contribution in [-0.4, -0.2) is 33.0 Å². The van der Waals surface area contributed by atoms with Crippen molar-refractivity contribution < 1.29 is 19.1 Å². The van der Waals surface area contributed by atoms with Crippen LogP contribution in [0.2, 0.25) is 0 Å². The Morgan fingerprint density at radius 3 is 2.89 bits per heavy atom. The van der Waals surface area contributed by atoms with E-state index in [1.165, 1.54) is 25.1 Å². The molecule has 7 heteroatoms. The normalized spacial score (nSPS) is 12.3. The number of H-pyrrole nitrogens is 1. The number of hydrogen-bond acceptors (Lipinski definition) is 3. The zero-order valence-electron chi connectivity index (χ0n) is 9.40. The van der Waals surface area contributed by atoms with Crippen LogP contribution in [0.4, 0.5) is 4.39 Å². The maximum Gasteiger partial charge on any atom is 0.325 e. The number of nitrogens with one attached hydrogen (secondary N) is 2. The zero-order valence-corrected chi connectivity index (χ0v) is 9.40. The molecule has 0 aliphatic carbocycles. The van der Waals surface area contributed by atoms with Gasteiger partial charge in [0.15, 0.2) is 5.82 Å². The van der Waals surface area contributed by atoms with Crippen molar-refractivity contribution in [2.45, 2.75) is 13.0 Å². The topological polar surface area (TPSA) is 95.1 Å². The minimum Gasteiger partial charge on any atom is -0.480 e.